The number of rotatable bonds is 7. The Balaban J connectivity index is 2.98. The van der Waals surface area contributed by atoms with Crippen LogP contribution in [0.15, 0.2) is 61.6 Å². The molecular formula is C15H19NO2. The van der Waals surface area contributed by atoms with Gasteiger partial charge in [0.2, 0.25) is 0 Å². The van der Waals surface area contributed by atoms with Crippen LogP contribution >= 0.6 is 0 Å². The van der Waals surface area contributed by atoms with E-state index in [1.165, 1.54) is 5.56 Å². The average molecular weight is 245 g/mol. The van der Waals surface area contributed by atoms with Crippen LogP contribution in [0, 0.1) is 0 Å². The monoisotopic (exact) mass is 245 g/mol. The standard InChI is InChI=1S/C15H19NO2/c1-2-7-14-8-3-4-9-15(14)16(10-5-12-17)11-6-13-18/h2-6,8-9,12-13,17-18H,1,7,10-11H2. The van der Waals surface area contributed by atoms with Gasteiger partial charge in [0, 0.05) is 18.8 Å². The van der Waals surface area contributed by atoms with Crippen molar-refractivity contribution in [3.63, 3.8) is 0 Å². The van der Waals surface area contributed by atoms with Crippen molar-refractivity contribution < 1.29 is 10.2 Å². The maximum Gasteiger partial charge on any atom is 0.0769 e. The van der Waals surface area contributed by atoms with Gasteiger partial charge in [0.1, 0.15) is 0 Å². The summed E-state index contributed by atoms with van der Waals surface area (Å²) < 4.78 is 0. The van der Waals surface area contributed by atoms with Crippen LogP contribution in [0.2, 0.25) is 0 Å². The summed E-state index contributed by atoms with van der Waals surface area (Å²) in [5, 5.41) is 17.5. The minimum atomic E-state index is 0.578. The fourth-order valence-electron chi connectivity index (χ4n) is 1.77. The summed E-state index contributed by atoms with van der Waals surface area (Å²) in [5.41, 5.74) is 2.25. The highest BCUT2D eigenvalue weighted by molar-refractivity contribution is 5.55. The molecule has 0 fully saturated rings. The number of para-hydroxylation sites is 1. The van der Waals surface area contributed by atoms with Gasteiger partial charge in [-0.15, -0.1) is 6.58 Å². The lowest BCUT2D eigenvalue weighted by Crippen LogP contribution is -2.24. The number of allylic oxidation sites excluding steroid dienone is 1. The van der Waals surface area contributed by atoms with E-state index < -0.39 is 0 Å². The summed E-state index contributed by atoms with van der Waals surface area (Å²) in [6.45, 7) is 4.91. The van der Waals surface area contributed by atoms with Gasteiger partial charge in [-0.1, -0.05) is 24.3 Å². The molecule has 0 aliphatic rings. The molecule has 3 heteroatoms. The molecule has 0 spiro atoms. The molecule has 0 bridgehead atoms. The third kappa shape index (κ3) is 4.01. The summed E-state index contributed by atoms with van der Waals surface area (Å²) >= 11 is 0. The molecule has 0 saturated heterocycles. The molecule has 1 aromatic carbocycles. The Bertz CT molecular complexity index is 410. The Hall–Kier alpha value is -2.16. The van der Waals surface area contributed by atoms with E-state index in [0.29, 0.717) is 13.1 Å². The van der Waals surface area contributed by atoms with E-state index in [1.807, 2.05) is 24.3 Å². The van der Waals surface area contributed by atoms with Crippen LogP contribution in [0.1, 0.15) is 5.56 Å². The molecule has 1 aromatic rings. The van der Waals surface area contributed by atoms with Gasteiger partial charge >= 0.3 is 0 Å². The number of benzene rings is 1. The second-order valence-corrected chi connectivity index (χ2v) is 3.80. The number of hydrogen-bond donors (Lipinski definition) is 2. The van der Waals surface area contributed by atoms with Crippen molar-refractivity contribution in [2.45, 2.75) is 6.42 Å². The topological polar surface area (TPSA) is 43.7 Å². The highest BCUT2D eigenvalue weighted by Gasteiger charge is 2.07. The molecule has 0 aliphatic heterocycles. The second-order valence-electron chi connectivity index (χ2n) is 3.80. The van der Waals surface area contributed by atoms with E-state index in [4.69, 9.17) is 10.2 Å². The maximum atomic E-state index is 8.77. The number of hydrogen-bond acceptors (Lipinski definition) is 3. The van der Waals surface area contributed by atoms with Crippen LogP contribution in [-0.4, -0.2) is 23.3 Å². The van der Waals surface area contributed by atoms with Crippen molar-refractivity contribution >= 4 is 5.69 Å². The number of aliphatic hydroxyl groups is 2. The third-order valence-corrected chi connectivity index (χ3v) is 2.56. The quantitative estimate of drug-likeness (QED) is 0.572. The minimum absolute atomic E-state index is 0.578. The van der Waals surface area contributed by atoms with Crippen LogP contribution in [0.4, 0.5) is 5.69 Å². The van der Waals surface area contributed by atoms with Gasteiger partial charge in [-0.05, 0) is 30.2 Å². The van der Waals surface area contributed by atoms with Gasteiger partial charge < -0.3 is 15.1 Å². The molecule has 18 heavy (non-hydrogen) atoms. The molecule has 0 unspecified atom stereocenters. The smallest absolute Gasteiger partial charge is 0.0769 e. The van der Waals surface area contributed by atoms with E-state index in [9.17, 15) is 0 Å². The van der Waals surface area contributed by atoms with Gasteiger partial charge in [-0.3, -0.25) is 0 Å². The van der Waals surface area contributed by atoms with Crippen LogP contribution in [0.5, 0.6) is 0 Å². The third-order valence-electron chi connectivity index (χ3n) is 2.56. The van der Waals surface area contributed by atoms with E-state index in [1.54, 1.807) is 12.2 Å². The Kier molecular flexibility index (Phi) is 6.19. The van der Waals surface area contributed by atoms with Crippen molar-refractivity contribution in [2.75, 3.05) is 18.0 Å². The predicted molar refractivity (Wildman–Crippen MR) is 76.1 cm³/mol. The summed E-state index contributed by atoms with van der Waals surface area (Å²) in [4.78, 5) is 2.05. The largest absolute Gasteiger partial charge is 0.516 e. The van der Waals surface area contributed by atoms with Crippen LogP contribution in [-0.2, 0) is 6.42 Å². The van der Waals surface area contributed by atoms with Gasteiger partial charge in [0.15, 0.2) is 0 Å². The second kappa shape index (κ2) is 8.01. The maximum absolute atomic E-state index is 8.77. The van der Waals surface area contributed by atoms with Gasteiger partial charge in [-0.25, -0.2) is 0 Å². The summed E-state index contributed by atoms with van der Waals surface area (Å²) in [7, 11) is 0. The fraction of sp³-hybridized carbons (Fsp3) is 0.200. The normalized spacial score (nSPS) is 11.1. The number of anilines is 1. The Morgan fingerprint density at radius 1 is 1.06 bits per heavy atom. The van der Waals surface area contributed by atoms with Crippen molar-refractivity contribution in [3.05, 3.63) is 67.2 Å². The summed E-state index contributed by atoms with van der Waals surface area (Å²) in [6, 6.07) is 8.04. The highest BCUT2D eigenvalue weighted by Crippen LogP contribution is 2.21. The van der Waals surface area contributed by atoms with Gasteiger partial charge in [-0.2, -0.15) is 0 Å². The number of nitrogens with zero attached hydrogens (tertiary/aromatic N) is 1. The minimum Gasteiger partial charge on any atom is -0.516 e. The first-order chi connectivity index (χ1) is 8.83. The molecule has 0 heterocycles. The van der Waals surface area contributed by atoms with E-state index >= 15 is 0 Å². The van der Waals surface area contributed by atoms with Gasteiger partial charge in [0.05, 0.1) is 12.5 Å². The van der Waals surface area contributed by atoms with Crippen molar-refractivity contribution in [3.8, 4) is 0 Å². The molecule has 0 radical (unpaired) electrons. The summed E-state index contributed by atoms with van der Waals surface area (Å²) in [6.07, 6.45) is 8.04. The van der Waals surface area contributed by atoms with E-state index in [2.05, 4.69) is 17.5 Å². The van der Waals surface area contributed by atoms with Crippen molar-refractivity contribution in [1.29, 1.82) is 0 Å². The lowest BCUT2D eigenvalue weighted by molar-refractivity contribution is 0.470. The molecule has 96 valence electrons. The molecule has 0 aromatic heterocycles. The van der Waals surface area contributed by atoms with Crippen molar-refractivity contribution in [1.82, 2.24) is 0 Å². The first-order valence-corrected chi connectivity index (χ1v) is 5.85. The summed E-state index contributed by atoms with van der Waals surface area (Å²) in [5.74, 6) is 0. The molecular weight excluding hydrogens is 226 g/mol. The molecule has 1 rings (SSSR count). The lowest BCUT2D eigenvalue weighted by atomic mass is 10.1. The Morgan fingerprint density at radius 2 is 1.67 bits per heavy atom. The molecule has 0 amide bonds. The first-order valence-electron chi connectivity index (χ1n) is 5.85. The van der Waals surface area contributed by atoms with Crippen molar-refractivity contribution in [2.24, 2.45) is 0 Å². The SMILES string of the molecule is C=CCc1ccccc1N(CC=CO)CC=CO. The predicted octanol–water partition coefficient (Wildman–Crippen LogP) is 3.36. The zero-order valence-corrected chi connectivity index (χ0v) is 10.4. The molecule has 3 nitrogen and oxygen atoms in total. The molecule has 2 N–H and O–H groups in total. The fourth-order valence-corrected chi connectivity index (χ4v) is 1.77. The van der Waals surface area contributed by atoms with E-state index in [0.717, 1.165) is 24.6 Å². The molecule has 0 atom stereocenters. The molecule has 0 aliphatic carbocycles. The van der Waals surface area contributed by atoms with Crippen LogP contribution in [0.3, 0.4) is 0 Å². The van der Waals surface area contributed by atoms with Crippen LogP contribution < -0.4 is 4.90 Å². The zero-order valence-electron chi connectivity index (χ0n) is 10.4. The average Bonchev–Trinajstić information content (AvgIpc) is 2.40. The Labute approximate surface area is 108 Å². The van der Waals surface area contributed by atoms with Crippen LogP contribution in [0.25, 0.3) is 0 Å². The molecule has 0 saturated carbocycles. The first kappa shape index (κ1) is 13.9. The van der Waals surface area contributed by atoms with Gasteiger partial charge in [0.25, 0.3) is 0 Å². The highest BCUT2D eigenvalue weighted by atomic mass is 16.2. The van der Waals surface area contributed by atoms with E-state index in [-0.39, 0.29) is 0 Å². The number of aliphatic hydroxyl groups excluding tert-OH is 2. The lowest BCUT2D eigenvalue weighted by Gasteiger charge is -2.24. The Morgan fingerprint density at radius 3 is 2.22 bits per heavy atom. The zero-order chi connectivity index (χ0) is 13.2.